The molecule has 0 bridgehead atoms. The van der Waals surface area contributed by atoms with Crippen LogP contribution in [0.25, 0.3) is 0 Å². The number of aryl methyl sites for hydroxylation is 1. The number of imide groups is 1. The summed E-state index contributed by atoms with van der Waals surface area (Å²) in [4.78, 5) is 40.7. The summed E-state index contributed by atoms with van der Waals surface area (Å²) in [5.74, 6) is -0.982. The predicted molar refractivity (Wildman–Crippen MR) is 106 cm³/mol. The minimum absolute atomic E-state index is 0.0665. The third-order valence-corrected chi connectivity index (χ3v) is 5.51. The van der Waals surface area contributed by atoms with Gasteiger partial charge in [-0.2, -0.15) is 0 Å². The molecular weight excluding hydrogens is 371 g/mol. The highest BCUT2D eigenvalue weighted by Gasteiger charge is 2.36. The van der Waals surface area contributed by atoms with Crippen LogP contribution in [0.15, 0.2) is 42.5 Å². The maximum atomic E-state index is 14.0. The Balaban J connectivity index is 1.36. The van der Waals surface area contributed by atoms with Gasteiger partial charge in [0.25, 0.3) is 11.8 Å². The van der Waals surface area contributed by atoms with Crippen LogP contribution >= 0.6 is 0 Å². The van der Waals surface area contributed by atoms with Gasteiger partial charge in [-0.3, -0.25) is 19.3 Å². The third-order valence-electron chi connectivity index (χ3n) is 5.51. The molecule has 0 radical (unpaired) electrons. The lowest BCUT2D eigenvalue weighted by molar-refractivity contribution is -0.132. The van der Waals surface area contributed by atoms with Crippen LogP contribution in [-0.4, -0.2) is 40.1 Å². The zero-order valence-electron chi connectivity index (χ0n) is 16.4. The summed E-state index contributed by atoms with van der Waals surface area (Å²) in [7, 11) is 0. The molecule has 1 aliphatic carbocycles. The maximum absolute atomic E-state index is 14.0. The zero-order valence-corrected chi connectivity index (χ0v) is 16.4. The van der Waals surface area contributed by atoms with Crippen molar-refractivity contribution in [1.29, 1.82) is 0 Å². The first-order chi connectivity index (χ1) is 14.0. The monoisotopic (exact) mass is 394 g/mol. The van der Waals surface area contributed by atoms with Crippen LogP contribution in [-0.2, 0) is 11.3 Å². The van der Waals surface area contributed by atoms with Gasteiger partial charge in [0.05, 0.1) is 11.1 Å². The van der Waals surface area contributed by atoms with Crippen molar-refractivity contribution >= 4 is 17.7 Å². The van der Waals surface area contributed by atoms with E-state index in [-0.39, 0.29) is 49.1 Å². The molecule has 0 aromatic heterocycles. The van der Waals surface area contributed by atoms with E-state index in [0.717, 1.165) is 18.4 Å². The Morgan fingerprint density at radius 3 is 2.55 bits per heavy atom. The Kier molecular flexibility index (Phi) is 5.18. The average Bonchev–Trinajstić information content (AvgIpc) is 3.51. The number of benzene rings is 2. The number of nitrogens with zero attached hydrogens (tertiary/aromatic N) is 2. The van der Waals surface area contributed by atoms with E-state index in [2.05, 4.69) is 0 Å². The highest BCUT2D eigenvalue weighted by Crippen LogP contribution is 2.30. The van der Waals surface area contributed by atoms with E-state index in [1.807, 2.05) is 13.0 Å². The normalized spacial score (nSPS) is 15.6. The van der Waals surface area contributed by atoms with Crippen molar-refractivity contribution in [1.82, 2.24) is 9.80 Å². The fraction of sp³-hybridized carbons (Fsp3) is 0.348. The minimum Gasteiger partial charge on any atom is -0.335 e. The second kappa shape index (κ2) is 7.78. The number of halogens is 1. The summed E-state index contributed by atoms with van der Waals surface area (Å²) in [5.41, 5.74) is 2.28. The van der Waals surface area contributed by atoms with Crippen molar-refractivity contribution in [2.45, 2.75) is 45.2 Å². The Hall–Kier alpha value is -3.02. The Morgan fingerprint density at radius 1 is 1.10 bits per heavy atom. The summed E-state index contributed by atoms with van der Waals surface area (Å²) < 4.78 is 14.0. The minimum atomic E-state index is -0.313. The van der Waals surface area contributed by atoms with Gasteiger partial charge in [-0.1, -0.05) is 29.8 Å². The molecule has 0 atom stereocenters. The lowest BCUT2D eigenvalue weighted by Crippen LogP contribution is -2.35. The molecule has 1 heterocycles. The highest BCUT2D eigenvalue weighted by atomic mass is 19.1. The second-order valence-corrected chi connectivity index (χ2v) is 7.76. The molecular formula is C23H23FN2O3. The van der Waals surface area contributed by atoms with Gasteiger partial charge >= 0.3 is 0 Å². The first-order valence-electron chi connectivity index (χ1n) is 9.95. The third kappa shape index (κ3) is 3.92. The second-order valence-electron chi connectivity index (χ2n) is 7.76. The van der Waals surface area contributed by atoms with Gasteiger partial charge in [0.2, 0.25) is 5.91 Å². The van der Waals surface area contributed by atoms with Crippen LogP contribution in [0.4, 0.5) is 4.39 Å². The molecule has 6 heteroatoms. The van der Waals surface area contributed by atoms with Crippen LogP contribution in [0.2, 0.25) is 0 Å². The van der Waals surface area contributed by atoms with Crippen molar-refractivity contribution in [3.63, 3.8) is 0 Å². The summed E-state index contributed by atoms with van der Waals surface area (Å²) in [6, 6.07) is 11.9. The quantitative estimate of drug-likeness (QED) is 0.673. The lowest BCUT2D eigenvalue weighted by Gasteiger charge is -2.23. The smallest absolute Gasteiger partial charge is 0.261 e. The average molecular weight is 394 g/mol. The molecule has 1 fully saturated rings. The van der Waals surface area contributed by atoms with Crippen molar-refractivity contribution < 1.29 is 18.8 Å². The van der Waals surface area contributed by atoms with Gasteiger partial charge in [-0.15, -0.1) is 0 Å². The Bertz CT molecular complexity index is 984. The molecule has 2 aliphatic rings. The first-order valence-corrected chi connectivity index (χ1v) is 9.95. The van der Waals surface area contributed by atoms with E-state index in [9.17, 15) is 18.8 Å². The summed E-state index contributed by atoms with van der Waals surface area (Å²) in [5, 5.41) is 0. The lowest BCUT2D eigenvalue weighted by atomic mass is 10.1. The van der Waals surface area contributed by atoms with Crippen molar-refractivity contribution in [3.8, 4) is 0 Å². The molecule has 0 N–H and O–H groups in total. The molecule has 0 saturated heterocycles. The molecule has 0 spiro atoms. The molecule has 5 nitrogen and oxygen atoms in total. The van der Waals surface area contributed by atoms with Crippen molar-refractivity contribution in [2.24, 2.45) is 0 Å². The highest BCUT2D eigenvalue weighted by molar-refractivity contribution is 6.21. The van der Waals surface area contributed by atoms with Crippen LogP contribution in [0, 0.1) is 12.7 Å². The number of amides is 3. The summed E-state index contributed by atoms with van der Waals surface area (Å²) in [6.45, 7) is 2.33. The van der Waals surface area contributed by atoms with Gasteiger partial charge in [0.15, 0.2) is 0 Å². The van der Waals surface area contributed by atoms with Gasteiger partial charge in [0, 0.05) is 31.1 Å². The van der Waals surface area contributed by atoms with E-state index in [1.165, 1.54) is 11.0 Å². The zero-order chi connectivity index (χ0) is 20.5. The Labute approximate surface area is 169 Å². The van der Waals surface area contributed by atoms with Crippen LogP contribution in [0.3, 0.4) is 0 Å². The predicted octanol–water partition coefficient (Wildman–Crippen LogP) is 3.70. The van der Waals surface area contributed by atoms with Gasteiger partial charge < -0.3 is 4.90 Å². The number of carbonyl (C=O) groups is 3. The fourth-order valence-electron chi connectivity index (χ4n) is 3.76. The molecule has 2 aromatic carbocycles. The van der Waals surface area contributed by atoms with Gasteiger partial charge in [-0.25, -0.2) is 4.39 Å². The largest absolute Gasteiger partial charge is 0.335 e. The molecule has 4 rings (SSSR count). The van der Waals surface area contributed by atoms with E-state index >= 15 is 0 Å². The topological polar surface area (TPSA) is 57.7 Å². The first kappa shape index (κ1) is 19.3. The van der Waals surface area contributed by atoms with Crippen LogP contribution < -0.4 is 0 Å². The molecule has 1 aliphatic heterocycles. The number of fused-ring (bicyclic) bond motifs is 1. The molecule has 1 saturated carbocycles. The molecule has 150 valence electrons. The number of rotatable bonds is 7. The van der Waals surface area contributed by atoms with Crippen LogP contribution in [0.5, 0.6) is 0 Å². The molecule has 3 amide bonds. The van der Waals surface area contributed by atoms with E-state index < -0.39 is 0 Å². The SMILES string of the molecule is Cc1ccc2c(c1)C(=O)N(CCCC(=O)N(Cc1ccccc1F)C1CC1)C2=O. The molecule has 0 unspecified atom stereocenters. The standard InChI is InChI=1S/C23H23FN2O3/c1-15-8-11-18-19(13-15)23(29)25(22(18)28)12-4-7-21(27)26(17-9-10-17)14-16-5-2-3-6-20(16)24/h2-3,5-6,8,11,13,17H,4,7,9-10,12,14H2,1H3. The van der Waals surface area contributed by atoms with E-state index in [0.29, 0.717) is 23.1 Å². The van der Waals surface area contributed by atoms with Gasteiger partial charge in [0.1, 0.15) is 5.82 Å². The van der Waals surface area contributed by atoms with Crippen LogP contribution in [0.1, 0.15) is 57.5 Å². The number of carbonyl (C=O) groups excluding carboxylic acids is 3. The van der Waals surface area contributed by atoms with E-state index in [4.69, 9.17) is 0 Å². The summed E-state index contributed by atoms with van der Waals surface area (Å²) >= 11 is 0. The van der Waals surface area contributed by atoms with Crippen molar-refractivity contribution in [3.05, 3.63) is 70.5 Å². The number of hydrogen-bond donors (Lipinski definition) is 0. The van der Waals surface area contributed by atoms with Gasteiger partial charge in [-0.05, 0) is 44.4 Å². The number of hydrogen-bond acceptors (Lipinski definition) is 3. The fourth-order valence-corrected chi connectivity index (χ4v) is 3.76. The summed E-state index contributed by atoms with van der Waals surface area (Å²) in [6.07, 6.45) is 2.47. The Morgan fingerprint density at radius 2 is 1.83 bits per heavy atom. The maximum Gasteiger partial charge on any atom is 0.261 e. The van der Waals surface area contributed by atoms with E-state index in [1.54, 1.807) is 35.2 Å². The molecule has 29 heavy (non-hydrogen) atoms. The molecule has 2 aromatic rings. The van der Waals surface area contributed by atoms with Crippen molar-refractivity contribution in [2.75, 3.05) is 6.54 Å².